The Bertz CT molecular complexity index is 926. The van der Waals surface area contributed by atoms with Gasteiger partial charge in [-0.05, 0) is 38.4 Å². The number of fused-ring (bicyclic) bond motifs is 1. The predicted octanol–water partition coefficient (Wildman–Crippen LogP) is 4.17. The van der Waals surface area contributed by atoms with Crippen LogP contribution < -0.4 is 9.64 Å². The van der Waals surface area contributed by atoms with E-state index in [-0.39, 0.29) is 5.91 Å². The fraction of sp³-hybridized carbons (Fsp3) is 0.263. The van der Waals surface area contributed by atoms with Gasteiger partial charge in [-0.25, -0.2) is 4.98 Å². The molecule has 5 nitrogen and oxygen atoms in total. The zero-order valence-electron chi connectivity index (χ0n) is 14.9. The van der Waals surface area contributed by atoms with E-state index in [0.29, 0.717) is 22.3 Å². The van der Waals surface area contributed by atoms with Crippen LogP contribution in [0.15, 0.2) is 42.5 Å². The van der Waals surface area contributed by atoms with Crippen molar-refractivity contribution < 1.29 is 9.53 Å². The van der Waals surface area contributed by atoms with Crippen molar-refractivity contribution in [3.05, 3.63) is 53.1 Å². The number of aromatic nitrogens is 1. The van der Waals surface area contributed by atoms with Crippen LogP contribution in [0.1, 0.15) is 10.4 Å². The highest BCUT2D eigenvalue weighted by Gasteiger charge is 2.23. The van der Waals surface area contributed by atoms with Crippen LogP contribution in [-0.4, -0.2) is 50.1 Å². The molecule has 0 atom stereocenters. The van der Waals surface area contributed by atoms with E-state index in [0.717, 1.165) is 22.5 Å². The summed E-state index contributed by atoms with van der Waals surface area (Å²) in [6.07, 6.45) is 0. The SMILES string of the molecule is COc1ccc2sc(N(CCN(C)C)C(=O)c3ccccc3Cl)nc2c1. The van der Waals surface area contributed by atoms with Crippen molar-refractivity contribution in [3.63, 3.8) is 0 Å². The summed E-state index contributed by atoms with van der Waals surface area (Å²) in [6, 6.07) is 12.8. The molecule has 26 heavy (non-hydrogen) atoms. The van der Waals surface area contributed by atoms with Crippen molar-refractivity contribution >= 4 is 44.2 Å². The number of hydrogen-bond donors (Lipinski definition) is 0. The summed E-state index contributed by atoms with van der Waals surface area (Å²) in [4.78, 5) is 21.5. The van der Waals surface area contributed by atoms with Gasteiger partial charge in [0.2, 0.25) is 0 Å². The number of ether oxygens (including phenoxy) is 1. The molecule has 7 heteroatoms. The Balaban J connectivity index is 2.00. The predicted molar refractivity (Wildman–Crippen MR) is 108 cm³/mol. The van der Waals surface area contributed by atoms with E-state index >= 15 is 0 Å². The molecule has 1 heterocycles. The topological polar surface area (TPSA) is 45.7 Å². The summed E-state index contributed by atoms with van der Waals surface area (Å²) in [7, 11) is 5.57. The second-order valence-corrected chi connectivity index (χ2v) is 7.49. The molecule has 0 spiro atoms. The molecule has 0 saturated carbocycles. The fourth-order valence-electron chi connectivity index (χ4n) is 2.50. The number of anilines is 1. The summed E-state index contributed by atoms with van der Waals surface area (Å²) >= 11 is 7.72. The molecule has 0 N–H and O–H groups in total. The summed E-state index contributed by atoms with van der Waals surface area (Å²) in [5.74, 6) is 0.593. The monoisotopic (exact) mass is 389 g/mol. The maximum absolute atomic E-state index is 13.1. The minimum absolute atomic E-state index is 0.150. The van der Waals surface area contributed by atoms with Crippen LogP contribution in [-0.2, 0) is 0 Å². The van der Waals surface area contributed by atoms with Crippen LogP contribution in [0.25, 0.3) is 10.2 Å². The number of likely N-dealkylation sites (N-methyl/N-ethyl adjacent to an activating group) is 1. The van der Waals surface area contributed by atoms with Crippen LogP contribution in [0.2, 0.25) is 5.02 Å². The summed E-state index contributed by atoms with van der Waals surface area (Å²) in [6.45, 7) is 1.24. The maximum atomic E-state index is 13.1. The molecule has 0 aliphatic rings. The molecule has 0 unspecified atom stereocenters. The third-order valence-electron chi connectivity index (χ3n) is 3.93. The molecule has 0 aliphatic carbocycles. The number of methoxy groups -OCH3 is 1. The van der Waals surface area contributed by atoms with Gasteiger partial charge >= 0.3 is 0 Å². The number of carbonyl (C=O) groups is 1. The van der Waals surface area contributed by atoms with Gasteiger partial charge < -0.3 is 9.64 Å². The number of amides is 1. The smallest absolute Gasteiger partial charge is 0.261 e. The third kappa shape index (κ3) is 3.98. The summed E-state index contributed by atoms with van der Waals surface area (Å²) in [5.41, 5.74) is 1.29. The van der Waals surface area contributed by atoms with Gasteiger partial charge in [-0.3, -0.25) is 9.69 Å². The van der Waals surface area contributed by atoms with E-state index in [2.05, 4.69) is 4.98 Å². The van der Waals surface area contributed by atoms with Crippen molar-refractivity contribution in [3.8, 4) is 5.75 Å². The minimum Gasteiger partial charge on any atom is -0.497 e. The molecule has 2 aromatic carbocycles. The Labute approximate surface area is 161 Å². The number of nitrogens with zero attached hydrogens (tertiary/aromatic N) is 3. The van der Waals surface area contributed by atoms with E-state index in [4.69, 9.17) is 16.3 Å². The number of benzene rings is 2. The number of halogens is 1. The van der Waals surface area contributed by atoms with Gasteiger partial charge in [-0.15, -0.1) is 0 Å². The van der Waals surface area contributed by atoms with Crippen molar-refractivity contribution in [2.24, 2.45) is 0 Å². The molecule has 3 aromatic rings. The molecular weight excluding hydrogens is 370 g/mol. The van der Waals surface area contributed by atoms with Gasteiger partial charge in [0.05, 0.1) is 27.9 Å². The first-order chi connectivity index (χ1) is 12.5. The van der Waals surface area contributed by atoms with Crippen LogP contribution in [0.3, 0.4) is 0 Å². The van der Waals surface area contributed by atoms with E-state index < -0.39 is 0 Å². The lowest BCUT2D eigenvalue weighted by atomic mass is 10.2. The Hall–Kier alpha value is -2.15. The maximum Gasteiger partial charge on any atom is 0.261 e. The highest BCUT2D eigenvalue weighted by atomic mass is 35.5. The molecule has 0 saturated heterocycles. The Morgan fingerprint density at radius 3 is 2.65 bits per heavy atom. The number of rotatable bonds is 6. The molecule has 0 aliphatic heterocycles. The first-order valence-electron chi connectivity index (χ1n) is 8.15. The lowest BCUT2D eigenvalue weighted by Crippen LogP contribution is -2.36. The first kappa shape index (κ1) is 18.6. The molecule has 1 amide bonds. The van der Waals surface area contributed by atoms with E-state index in [1.807, 2.05) is 49.3 Å². The van der Waals surface area contributed by atoms with Gasteiger partial charge in [0, 0.05) is 19.2 Å². The normalized spacial score (nSPS) is 11.1. The zero-order valence-corrected chi connectivity index (χ0v) is 16.5. The molecule has 0 radical (unpaired) electrons. The largest absolute Gasteiger partial charge is 0.497 e. The van der Waals surface area contributed by atoms with Gasteiger partial charge in [0.25, 0.3) is 5.91 Å². The Morgan fingerprint density at radius 2 is 1.96 bits per heavy atom. The van der Waals surface area contributed by atoms with Gasteiger partial charge in [0.15, 0.2) is 5.13 Å². The highest BCUT2D eigenvalue weighted by Crippen LogP contribution is 2.32. The summed E-state index contributed by atoms with van der Waals surface area (Å²) in [5, 5.41) is 1.09. The fourth-order valence-corrected chi connectivity index (χ4v) is 3.69. The highest BCUT2D eigenvalue weighted by molar-refractivity contribution is 7.22. The van der Waals surface area contributed by atoms with Crippen molar-refractivity contribution in [1.29, 1.82) is 0 Å². The molecule has 136 valence electrons. The van der Waals surface area contributed by atoms with Crippen LogP contribution >= 0.6 is 22.9 Å². The average molecular weight is 390 g/mol. The van der Waals surface area contributed by atoms with E-state index in [1.165, 1.54) is 11.3 Å². The Morgan fingerprint density at radius 1 is 1.19 bits per heavy atom. The number of carbonyl (C=O) groups excluding carboxylic acids is 1. The standard InChI is InChI=1S/C19H20ClN3O2S/c1-22(2)10-11-23(18(24)14-6-4-5-7-15(14)20)19-21-16-12-13(25-3)8-9-17(16)26-19/h4-9,12H,10-11H2,1-3H3. The molecule has 1 aromatic heterocycles. The quantitative estimate of drug-likeness (QED) is 0.634. The third-order valence-corrected chi connectivity index (χ3v) is 5.32. The van der Waals surface area contributed by atoms with Crippen molar-refractivity contribution in [2.45, 2.75) is 0 Å². The first-order valence-corrected chi connectivity index (χ1v) is 9.34. The molecule has 0 bridgehead atoms. The lowest BCUT2D eigenvalue weighted by molar-refractivity contribution is 0.0985. The van der Waals surface area contributed by atoms with Crippen LogP contribution in [0, 0.1) is 0 Å². The molecule has 3 rings (SSSR count). The Kier molecular flexibility index (Phi) is 5.76. The molecule has 0 fully saturated rings. The second kappa shape index (κ2) is 8.03. The zero-order chi connectivity index (χ0) is 18.7. The van der Waals surface area contributed by atoms with Crippen molar-refractivity contribution in [2.75, 3.05) is 39.2 Å². The number of thiazole rings is 1. The van der Waals surface area contributed by atoms with Gasteiger partial charge in [-0.1, -0.05) is 35.1 Å². The lowest BCUT2D eigenvalue weighted by Gasteiger charge is -2.22. The minimum atomic E-state index is -0.150. The van der Waals surface area contributed by atoms with Crippen LogP contribution in [0.4, 0.5) is 5.13 Å². The summed E-state index contributed by atoms with van der Waals surface area (Å²) < 4.78 is 6.27. The molecular formula is C19H20ClN3O2S. The second-order valence-electron chi connectivity index (χ2n) is 6.07. The van der Waals surface area contributed by atoms with E-state index in [1.54, 1.807) is 24.1 Å². The van der Waals surface area contributed by atoms with Crippen molar-refractivity contribution in [1.82, 2.24) is 9.88 Å². The number of hydrogen-bond acceptors (Lipinski definition) is 5. The van der Waals surface area contributed by atoms with Crippen LogP contribution in [0.5, 0.6) is 5.75 Å². The van der Waals surface area contributed by atoms with E-state index in [9.17, 15) is 4.79 Å². The average Bonchev–Trinajstić information content (AvgIpc) is 3.04. The van der Waals surface area contributed by atoms with Gasteiger partial charge in [-0.2, -0.15) is 0 Å². The van der Waals surface area contributed by atoms with Gasteiger partial charge in [0.1, 0.15) is 5.75 Å².